The summed E-state index contributed by atoms with van der Waals surface area (Å²) in [5, 5.41) is 20.2. The first-order valence-corrected chi connectivity index (χ1v) is 8.57. The normalized spacial score (nSPS) is 12.1. The average molecular weight is 348 g/mol. The Labute approximate surface area is 152 Å². The average Bonchev–Trinajstić information content (AvgIpc) is 2.63. The number of ketones is 1. The van der Waals surface area contributed by atoms with Gasteiger partial charge in [0.1, 0.15) is 5.78 Å². The fraction of sp³-hybridized carbons (Fsp3) is 0.200. The van der Waals surface area contributed by atoms with Crippen LogP contribution in [0.1, 0.15) is 22.6 Å². The van der Waals surface area contributed by atoms with Crippen LogP contribution in [-0.4, -0.2) is 34.5 Å². The monoisotopic (exact) mass is 348 g/mol. The van der Waals surface area contributed by atoms with Gasteiger partial charge in [-0.15, -0.1) is 0 Å². The van der Waals surface area contributed by atoms with Crippen molar-refractivity contribution in [3.63, 3.8) is 0 Å². The molecule has 0 radical (unpaired) electrons. The number of benzene rings is 2. The van der Waals surface area contributed by atoms with E-state index in [9.17, 15) is 4.79 Å². The van der Waals surface area contributed by atoms with Crippen LogP contribution in [0.2, 0.25) is 0 Å². The van der Waals surface area contributed by atoms with Crippen molar-refractivity contribution in [1.29, 1.82) is 0 Å². The second-order valence-electron chi connectivity index (χ2n) is 6.41. The van der Waals surface area contributed by atoms with Gasteiger partial charge < -0.3 is 15.8 Å². The predicted octanol–water partition coefficient (Wildman–Crippen LogP) is 1.64. The van der Waals surface area contributed by atoms with Gasteiger partial charge in [0.2, 0.25) is 0 Å². The van der Waals surface area contributed by atoms with Gasteiger partial charge in [0.15, 0.2) is 0 Å². The molecule has 0 aliphatic carbocycles. The van der Waals surface area contributed by atoms with Gasteiger partial charge >= 0.3 is 7.12 Å². The van der Waals surface area contributed by atoms with Crippen molar-refractivity contribution < 1.29 is 14.8 Å². The van der Waals surface area contributed by atoms with Crippen molar-refractivity contribution in [2.24, 2.45) is 5.73 Å². The highest BCUT2D eigenvalue weighted by molar-refractivity contribution is 6.40. The molecule has 3 rings (SSSR count). The first-order valence-electron chi connectivity index (χ1n) is 8.57. The topological polar surface area (TPSA) is 96.4 Å². The van der Waals surface area contributed by atoms with E-state index in [0.717, 1.165) is 27.5 Å². The Morgan fingerprint density at radius 1 is 1.04 bits per heavy atom. The molecule has 0 saturated heterocycles. The molecule has 132 valence electrons. The van der Waals surface area contributed by atoms with E-state index in [-0.39, 0.29) is 24.6 Å². The molecule has 0 aliphatic rings. The zero-order valence-electron chi connectivity index (χ0n) is 14.4. The third-order valence-corrected chi connectivity index (χ3v) is 4.51. The lowest BCUT2D eigenvalue weighted by atomic mass is 9.81. The molecule has 3 aromatic rings. The van der Waals surface area contributed by atoms with Crippen LogP contribution < -0.4 is 5.73 Å². The number of Topliss-reactive ketones (excluding diaryl/α,β-unsaturated/α-hetero) is 1. The summed E-state index contributed by atoms with van der Waals surface area (Å²) in [5.41, 5.74) is 8.46. The SMILES string of the molecule is NCC(C(=O)Cc1ccc2cnccc2c1)c1ccc(CB(O)O)cc1. The van der Waals surface area contributed by atoms with E-state index >= 15 is 0 Å². The highest BCUT2D eigenvalue weighted by atomic mass is 16.4. The highest BCUT2D eigenvalue weighted by Gasteiger charge is 2.19. The number of hydrogen-bond donors (Lipinski definition) is 3. The van der Waals surface area contributed by atoms with Gasteiger partial charge in [0.25, 0.3) is 0 Å². The maximum Gasteiger partial charge on any atom is 0.456 e. The Morgan fingerprint density at radius 3 is 2.46 bits per heavy atom. The number of aromatic nitrogens is 1. The molecular weight excluding hydrogens is 327 g/mol. The van der Waals surface area contributed by atoms with Gasteiger partial charge in [-0.05, 0) is 22.6 Å². The number of carbonyl (C=O) groups is 1. The Bertz CT molecular complexity index is 897. The van der Waals surface area contributed by atoms with Crippen molar-refractivity contribution in [1.82, 2.24) is 4.98 Å². The van der Waals surface area contributed by atoms with Crippen molar-refractivity contribution >= 4 is 23.7 Å². The van der Waals surface area contributed by atoms with E-state index in [4.69, 9.17) is 15.8 Å². The van der Waals surface area contributed by atoms with Crippen LogP contribution in [0, 0.1) is 0 Å². The molecule has 0 amide bonds. The summed E-state index contributed by atoms with van der Waals surface area (Å²) < 4.78 is 0. The van der Waals surface area contributed by atoms with Gasteiger partial charge in [-0.3, -0.25) is 9.78 Å². The maximum absolute atomic E-state index is 12.8. The molecule has 1 unspecified atom stereocenters. The van der Waals surface area contributed by atoms with Crippen LogP contribution >= 0.6 is 0 Å². The van der Waals surface area contributed by atoms with E-state index in [1.54, 1.807) is 24.5 Å². The molecule has 0 saturated carbocycles. The minimum Gasteiger partial charge on any atom is -0.427 e. The summed E-state index contributed by atoms with van der Waals surface area (Å²) >= 11 is 0. The Hall–Kier alpha value is -2.54. The number of carbonyl (C=O) groups excluding carboxylic acids is 1. The lowest BCUT2D eigenvalue weighted by molar-refractivity contribution is -0.119. The molecule has 1 aromatic heterocycles. The lowest BCUT2D eigenvalue weighted by Gasteiger charge is -2.15. The van der Waals surface area contributed by atoms with Crippen molar-refractivity contribution in [3.8, 4) is 0 Å². The predicted molar refractivity (Wildman–Crippen MR) is 103 cm³/mol. The van der Waals surface area contributed by atoms with Gasteiger partial charge in [-0.2, -0.15) is 0 Å². The number of nitrogens with zero attached hydrogens (tertiary/aromatic N) is 1. The van der Waals surface area contributed by atoms with Gasteiger partial charge in [0, 0.05) is 37.1 Å². The van der Waals surface area contributed by atoms with Gasteiger partial charge in [-0.25, -0.2) is 0 Å². The summed E-state index contributed by atoms with van der Waals surface area (Å²) in [5.74, 6) is -0.313. The number of hydrogen-bond acceptors (Lipinski definition) is 5. The van der Waals surface area contributed by atoms with Crippen LogP contribution in [0.5, 0.6) is 0 Å². The number of rotatable bonds is 7. The smallest absolute Gasteiger partial charge is 0.427 e. The Balaban J connectivity index is 1.75. The van der Waals surface area contributed by atoms with E-state index in [0.29, 0.717) is 6.42 Å². The molecule has 0 fully saturated rings. The first kappa shape index (κ1) is 18.3. The van der Waals surface area contributed by atoms with Crippen LogP contribution in [0.15, 0.2) is 60.9 Å². The third-order valence-electron chi connectivity index (χ3n) is 4.51. The standard InChI is InChI=1S/C20H21BN2O3/c22-12-19(16-4-1-14(2-5-16)11-21(25)26)20(24)10-15-3-6-18-13-23-8-7-17(18)9-15/h1-9,13,19,25-26H,10-12,22H2. The van der Waals surface area contributed by atoms with Crippen LogP contribution in [0.4, 0.5) is 0 Å². The van der Waals surface area contributed by atoms with Gasteiger partial charge in [0.05, 0.1) is 5.92 Å². The molecule has 5 nitrogen and oxygen atoms in total. The van der Waals surface area contributed by atoms with Crippen molar-refractivity contribution in [2.45, 2.75) is 18.7 Å². The van der Waals surface area contributed by atoms with Crippen molar-refractivity contribution in [2.75, 3.05) is 6.54 Å². The Morgan fingerprint density at radius 2 is 1.77 bits per heavy atom. The maximum atomic E-state index is 12.8. The van der Waals surface area contributed by atoms with Gasteiger partial charge in [-0.1, -0.05) is 48.0 Å². The lowest BCUT2D eigenvalue weighted by Crippen LogP contribution is -2.23. The molecule has 6 heteroatoms. The first-order chi connectivity index (χ1) is 12.6. The molecule has 1 atom stereocenters. The summed E-state index contributed by atoms with van der Waals surface area (Å²) in [6.07, 6.45) is 4.01. The van der Waals surface area contributed by atoms with E-state index in [1.165, 1.54) is 0 Å². The fourth-order valence-electron chi connectivity index (χ4n) is 3.12. The summed E-state index contributed by atoms with van der Waals surface area (Å²) in [4.78, 5) is 16.9. The highest BCUT2D eigenvalue weighted by Crippen LogP contribution is 2.21. The number of fused-ring (bicyclic) bond motifs is 1. The summed E-state index contributed by atoms with van der Waals surface area (Å²) in [7, 11) is -1.38. The van der Waals surface area contributed by atoms with Crippen LogP contribution in [0.3, 0.4) is 0 Å². The molecule has 2 aromatic carbocycles. The second-order valence-corrected chi connectivity index (χ2v) is 6.41. The fourth-order valence-corrected chi connectivity index (χ4v) is 3.12. The zero-order chi connectivity index (χ0) is 18.5. The number of pyridine rings is 1. The van der Waals surface area contributed by atoms with E-state index < -0.39 is 7.12 Å². The Kier molecular flexibility index (Phi) is 5.78. The quantitative estimate of drug-likeness (QED) is 0.564. The van der Waals surface area contributed by atoms with Crippen LogP contribution in [-0.2, 0) is 17.5 Å². The van der Waals surface area contributed by atoms with Crippen molar-refractivity contribution in [3.05, 3.63) is 77.6 Å². The molecule has 4 N–H and O–H groups in total. The van der Waals surface area contributed by atoms with E-state index in [2.05, 4.69) is 4.98 Å². The largest absolute Gasteiger partial charge is 0.456 e. The molecular formula is C20H21BN2O3. The summed E-state index contributed by atoms with van der Waals surface area (Å²) in [6, 6.07) is 15.1. The molecule has 26 heavy (non-hydrogen) atoms. The molecule has 0 bridgehead atoms. The third kappa shape index (κ3) is 4.35. The summed E-state index contributed by atoms with van der Waals surface area (Å²) in [6.45, 7) is 0.234. The number of nitrogens with two attached hydrogens (primary N) is 1. The second kappa shape index (κ2) is 8.23. The minimum absolute atomic E-state index is 0.0656. The van der Waals surface area contributed by atoms with E-state index in [1.807, 2.05) is 36.4 Å². The molecule has 0 aliphatic heterocycles. The molecule has 1 heterocycles. The zero-order valence-corrected chi connectivity index (χ0v) is 14.4. The van der Waals surface area contributed by atoms with Crippen LogP contribution in [0.25, 0.3) is 10.8 Å². The molecule has 0 spiro atoms. The minimum atomic E-state index is -1.38.